The van der Waals surface area contributed by atoms with E-state index in [4.69, 9.17) is 5.11 Å². The highest BCUT2D eigenvalue weighted by Crippen LogP contribution is 2.09. The second-order valence-electron chi connectivity index (χ2n) is 6.06. The van der Waals surface area contributed by atoms with Crippen LogP contribution in [-0.2, 0) is 9.59 Å². The number of aryl methyl sites for hydroxylation is 1. The maximum atomic E-state index is 12.6. The zero-order valence-electron chi connectivity index (χ0n) is 15.2. The molecule has 0 bridgehead atoms. The summed E-state index contributed by atoms with van der Waals surface area (Å²) in [6, 6.07) is 14.9. The number of carbonyl (C=O) groups is 3. The molecule has 0 saturated heterocycles. The monoisotopic (exact) mass is 366 g/mol. The summed E-state index contributed by atoms with van der Waals surface area (Å²) in [6.07, 6.45) is 1.74. The van der Waals surface area contributed by atoms with Crippen LogP contribution in [0, 0.1) is 6.92 Å². The normalized spacial score (nSPS) is 12.1. The Morgan fingerprint density at radius 3 is 2.22 bits per heavy atom. The molecule has 27 heavy (non-hydrogen) atoms. The van der Waals surface area contributed by atoms with E-state index in [0.29, 0.717) is 11.1 Å². The van der Waals surface area contributed by atoms with Gasteiger partial charge in [0.25, 0.3) is 11.8 Å². The molecular formula is C21H22N2O4. The number of benzene rings is 2. The maximum Gasteiger partial charge on any atom is 0.326 e. The molecule has 2 rings (SSSR count). The lowest BCUT2D eigenvalue weighted by molar-refractivity contribution is -0.141. The SMILES string of the molecule is CCC(NC(=O)/C(=C\c1ccccc1)NC(=O)c1ccc(C)cc1)C(=O)O. The summed E-state index contributed by atoms with van der Waals surface area (Å²) in [5, 5.41) is 14.2. The van der Waals surface area contributed by atoms with E-state index in [1.807, 2.05) is 13.0 Å². The van der Waals surface area contributed by atoms with Gasteiger partial charge in [-0.2, -0.15) is 0 Å². The molecule has 140 valence electrons. The van der Waals surface area contributed by atoms with Gasteiger partial charge in [-0.3, -0.25) is 9.59 Å². The van der Waals surface area contributed by atoms with Crippen LogP contribution in [0.25, 0.3) is 6.08 Å². The number of amides is 2. The number of carbonyl (C=O) groups excluding carboxylic acids is 2. The van der Waals surface area contributed by atoms with E-state index in [0.717, 1.165) is 5.56 Å². The molecule has 0 aliphatic rings. The van der Waals surface area contributed by atoms with Gasteiger partial charge in [-0.05, 0) is 37.1 Å². The average Bonchev–Trinajstić information content (AvgIpc) is 2.66. The molecular weight excluding hydrogens is 344 g/mol. The summed E-state index contributed by atoms with van der Waals surface area (Å²) in [5.41, 5.74) is 2.09. The van der Waals surface area contributed by atoms with Crippen LogP contribution in [0.15, 0.2) is 60.3 Å². The molecule has 3 N–H and O–H groups in total. The predicted molar refractivity (Wildman–Crippen MR) is 103 cm³/mol. The molecule has 2 amide bonds. The minimum absolute atomic E-state index is 0.0218. The van der Waals surface area contributed by atoms with E-state index in [-0.39, 0.29) is 12.1 Å². The zero-order valence-corrected chi connectivity index (χ0v) is 15.2. The molecule has 1 atom stereocenters. The largest absolute Gasteiger partial charge is 0.480 e. The Hall–Kier alpha value is -3.41. The number of hydrogen-bond acceptors (Lipinski definition) is 3. The van der Waals surface area contributed by atoms with Gasteiger partial charge >= 0.3 is 5.97 Å². The molecule has 2 aromatic carbocycles. The molecule has 0 aliphatic carbocycles. The van der Waals surface area contributed by atoms with Crippen molar-refractivity contribution in [2.24, 2.45) is 0 Å². The van der Waals surface area contributed by atoms with Gasteiger partial charge in [0, 0.05) is 5.56 Å². The van der Waals surface area contributed by atoms with Gasteiger partial charge in [-0.1, -0.05) is 55.0 Å². The number of carboxylic acid groups (broad SMARTS) is 1. The van der Waals surface area contributed by atoms with Crippen molar-refractivity contribution in [2.45, 2.75) is 26.3 Å². The van der Waals surface area contributed by atoms with Gasteiger partial charge in [0.15, 0.2) is 0 Å². The first-order chi connectivity index (χ1) is 12.9. The third kappa shape index (κ3) is 5.81. The smallest absolute Gasteiger partial charge is 0.326 e. The third-order valence-electron chi connectivity index (χ3n) is 3.93. The molecule has 6 heteroatoms. The lowest BCUT2D eigenvalue weighted by Crippen LogP contribution is -2.44. The Morgan fingerprint density at radius 1 is 1.04 bits per heavy atom. The van der Waals surface area contributed by atoms with E-state index < -0.39 is 23.8 Å². The Balaban J connectivity index is 2.28. The van der Waals surface area contributed by atoms with Gasteiger partial charge < -0.3 is 15.7 Å². The van der Waals surface area contributed by atoms with Crippen molar-refractivity contribution in [3.63, 3.8) is 0 Å². The zero-order chi connectivity index (χ0) is 19.8. The Labute approximate surface area is 157 Å². The Bertz CT molecular complexity index is 842. The Kier molecular flexibility index (Phi) is 6.88. The number of aliphatic carboxylic acids is 1. The summed E-state index contributed by atoms with van der Waals surface area (Å²) in [5.74, 6) is -2.24. The maximum absolute atomic E-state index is 12.6. The van der Waals surface area contributed by atoms with Crippen LogP contribution < -0.4 is 10.6 Å². The van der Waals surface area contributed by atoms with Crippen LogP contribution in [-0.4, -0.2) is 28.9 Å². The van der Waals surface area contributed by atoms with Crippen molar-refractivity contribution >= 4 is 23.9 Å². The van der Waals surface area contributed by atoms with Gasteiger partial charge in [-0.15, -0.1) is 0 Å². The number of nitrogens with one attached hydrogen (secondary N) is 2. The highest BCUT2D eigenvalue weighted by molar-refractivity contribution is 6.06. The van der Waals surface area contributed by atoms with Gasteiger partial charge in [0.05, 0.1) is 0 Å². The molecule has 0 fully saturated rings. The highest BCUT2D eigenvalue weighted by atomic mass is 16.4. The van der Waals surface area contributed by atoms with Crippen LogP contribution in [0.3, 0.4) is 0 Å². The lowest BCUT2D eigenvalue weighted by atomic mass is 10.1. The first-order valence-electron chi connectivity index (χ1n) is 8.59. The van der Waals surface area contributed by atoms with Gasteiger partial charge in [0.1, 0.15) is 11.7 Å². The fraction of sp³-hybridized carbons (Fsp3) is 0.190. The molecule has 0 aromatic heterocycles. The fourth-order valence-electron chi connectivity index (χ4n) is 2.35. The van der Waals surface area contributed by atoms with Crippen molar-refractivity contribution in [1.82, 2.24) is 10.6 Å². The topological polar surface area (TPSA) is 95.5 Å². The quantitative estimate of drug-likeness (QED) is 0.657. The molecule has 0 spiro atoms. The summed E-state index contributed by atoms with van der Waals surface area (Å²) in [7, 11) is 0. The van der Waals surface area contributed by atoms with Crippen LogP contribution >= 0.6 is 0 Å². The minimum Gasteiger partial charge on any atom is -0.480 e. The summed E-state index contributed by atoms with van der Waals surface area (Å²) in [4.78, 5) is 36.3. The molecule has 0 radical (unpaired) electrons. The number of rotatable bonds is 7. The van der Waals surface area contributed by atoms with Crippen LogP contribution in [0.1, 0.15) is 34.8 Å². The summed E-state index contributed by atoms with van der Waals surface area (Å²) < 4.78 is 0. The first kappa shape index (κ1) is 19.9. The molecule has 6 nitrogen and oxygen atoms in total. The first-order valence-corrected chi connectivity index (χ1v) is 8.59. The number of carboxylic acids is 1. The average molecular weight is 366 g/mol. The van der Waals surface area contributed by atoms with Crippen LogP contribution in [0.4, 0.5) is 0 Å². The van der Waals surface area contributed by atoms with Crippen molar-refractivity contribution in [3.05, 3.63) is 77.0 Å². The van der Waals surface area contributed by atoms with Crippen molar-refractivity contribution in [3.8, 4) is 0 Å². The Morgan fingerprint density at radius 2 is 1.67 bits per heavy atom. The predicted octanol–water partition coefficient (Wildman–Crippen LogP) is 2.75. The fourth-order valence-corrected chi connectivity index (χ4v) is 2.35. The highest BCUT2D eigenvalue weighted by Gasteiger charge is 2.21. The standard InChI is InChI=1S/C21H22N2O4/c1-3-17(21(26)27)22-20(25)18(13-15-7-5-4-6-8-15)23-19(24)16-11-9-14(2)10-12-16/h4-13,17H,3H2,1-2H3,(H,22,25)(H,23,24)(H,26,27)/b18-13+. The minimum atomic E-state index is -1.13. The van der Waals surface area contributed by atoms with Crippen molar-refractivity contribution < 1.29 is 19.5 Å². The van der Waals surface area contributed by atoms with E-state index in [1.54, 1.807) is 55.5 Å². The molecule has 0 heterocycles. The molecule has 2 aromatic rings. The van der Waals surface area contributed by atoms with E-state index in [2.05, 4.69) is 10.6 Å². The van der Waals surface area contributed by atoms with Crippen molar-refractivity contribution in [2.75, 3.05) is 0 Å². The lowest BCUT2D eigenvalue weighted by Gasteiger charge is -2.15. The third-order valence-corrected chi connectivity index (χ3v) is 3.93. The van der Waals surface area contributed by atoms with Crippen LogP contribution in [0.2, 0.25) is 0 Å². The van der Waals surface area contributed by atoms with E-state index in [1.165, 1.54) is 6.08 Å². The number of hydrogen-bond donors (Lipinski definition) is 3. The summed E-state index contributed by atoms with van der Waals surface area (Å²) in [6.45, 7) is 3.57. The molecule has 0 aliphatic heterocycles. The van der Waals surface area contributed by atoms with Crippen molar-refractivity contribution in [1.29, 1.82) is 0 Å². The van der Waals surface area contributed by atoms with E-state index in [9.17, 15) is 14.4 Å². The van der Waals surface area contributed by atoms with Gasteiger partial charge in [0.2, 0.25) is 0 Å². The molecule has 0 saturated carbocycles. The second-order valence-corrected chi connectivity index (χ2v) is 6.06. The second kappa shape index (κ2) is 9.33. The van der Waals surface area contributed by atoms with Gasteiger partial charge in [-0.25, -0.2) is 4.79 Å². The van der Waals surface area contributed by atoms with Crippen LogP contribution in [0.5, 0.6) is 0 Å². The molecule has 1 unspecified atom stereocenters. The summed E-state index contributed by atoms with van der Waals surface area (Å²) >= 11 is 0. The van der Waals surface area contributed by atoms with E-state index >= 15 is 0 Å².